The average Bonchev–Trinajstić information content (AvgIpc) is 3.54. The number of unbranched alkanes of at least 4 members (excludes halogenated alkanes) is 5. The van der Waals surface area contributed by atoms with Crippen LogP contribution in [0.3, 0.4) is 0 Å². The Bertz CT molecular complexity index is 2410. The molecule has 8 heteroatoms. The maximum absolute atomic E-state index is 11.7. The van der Waals surface area contributed by atoms with Crippen molar-refractivity contribution in [2.24, 2.45) is 0 Å². The summed E-state index contributed by atoms with van der Waals surface area (Å²) in [5, 5.41) is 14.3. The first kappa shape index (κ1) is 47.2. The third-order valence-corrected chi connectivity index (χ3v) is 14.7. The van der Waals surface area contributed by atoms with Gasteiger partial charge in [0.1, 0.15) is 0 Å². The van der Waals surface area contributed by atoms with Crippen molar-refractivity contribution in [2.75, 3.05) is 17.2 Å². The fraction of sp³-hybridized carbons (Fsp3) is 0.500. The first-order chi connectivity index (χ1) is 29.8. The van der Waals surface area contributed by atoms with Crippen LogP contribution in [0.15, 0.2) is 108 Å². The van der Waals surface area contributed by atoms with Gasteiger partial charge in [-0.25, -0.2) is 0 Å². The Morgan fingerprint density at radius 3 is 2.08 bits per heavy atom. The number of carbonyl (C=O) groups is 1. The Morgan fingerprint density at radius 2 is 1.42 bits per heavy atom. The van der Waals surface area contributed by atoms with Gasteiger partial charge in [0.05, 0.1) is 23.6 Å². The summed E-state index contributed by atoms with van der Waals surface area (Å²) in [6.45, 7) is 18.9. The fourth-order valence-electron chi connectivity index (χ4n) is 10.8. The van der Waals surface area contributed by atoms with Crippen molar-refractivity contribution in [3.8, 4) is 0 Å². The number of hydrogen-bond donors (Lipinski definition) is 2. The summed E-state index contributed by atoms with van der Waals surface area (Å²) in [5.41, 5.74) is 9.04. The lowest BCUT2D eigenvalue weighted by atomic mass is 9.67. The maximum atomic E-state index is 11.7. The molecule has 0 spiro atoms. The molecule has 0 radical (unpaired) electrons. The number of fused-ring (bicyclic) bond motifs is 10. The molecular formula is C54H71NO6S. The van der Waals surface area contributed by atoms with Crippen LogP contribution >= 0.6 is 0 Å². The van der Waals surface area contributed by atoms with E-state index >= 15 is 0 Å². The van der Waals surface area contributed by atoms with Crippen LogP contribution < -0.4 is 4.90 Å². The number of carboxylic acid groups (broad SMARTS) is 1. The van der Waals surface area contributed by atoms with Crippen molar-refractivity contribution in [1.82, 2.24) is 0 Å². The van der Waals surface area contributed by atoms with Crippen molar-refractivity contribution in [3.05, 3.63) is 125 Å². The molecule has 0 bridgehead atoms. The summed E-state index contributed by atoms with van der Waals surface area (Å²) in [5.74, 6) is -0.994. The molecular weight excluding hydrogens is 791 g/mol. The number of carboxylic acids is 1. The molecule has 2 N–H and O–H groups in total. The molecule has 7 nitrogen and oxygen atoms in total. The molecule has 3 aliphatic heterocycles. The molecule has 0 aromatic heterocycles. The van der Waals surface area contributed by atoms with E-state index in [-0.39, 0.29) is 24.4 Å². The van der Waals surface area contributed by atoms with E-state index in [1.807, 2.05) is 13.8 Å². The van der Waals surface area contributed by atoms with Crippen molar-refractivity contribution in [1.29, 1.82) is 0 Å². The third kappa shape index (κ3) is 9.78. The van der Waals surface area contributed by atoms with Gasteiger partial charge in [-0.3, -0.25) is 9.35 Å². The van der Waals surface area contributed by atoms with Gasteiger partial charge in [-0.15, -0.1) is 0 Å². The molecule has 0 saturated carbocycles. The number of rotatable bonds is 13. The number of aryl methyl sites for hydroxylation is 1. The zero-order chi connectivity index (χ0) is 44.7. The number of allylic oxidation sites excluding steroid dienone is 1. The number of hydrogen-bond acceptors (Lipinski definition) is 5. The second-order valence-corrected chi connectivity index (χ2v) is 19.6. The van der Waals surface area contributed by atoms with Crippen LogP contribution in [-0.2, 0) is 36.9 Å². The van der Waals surface area contributed by atoms with Gasteiger partial charge < -0.3 is 14.7 Å². The summed E-state index contributed by atoms with van der Waals surface area (Å²) < 4.78 is 40.2. The van der Waals surface area contributed by atoms with Gasteiger partial charge in [0.25, 0.3) is 10.1 Å². The Kier molecular flexibility index (Phi) is 15.6. The van der Waals surface area contributed by atoms with Gasteiger partial charge >= 0.3 is 5.97 Å². The van der Waals surface area contributed by atoms with Crippen LogP contribution in [0.2, 0.25) is 0 Å². The Morgan fingerprint density at radius 1 is 0.790 bits per heavy atom. The fourth-order valence-corrected chi connectivity index (χ4v) is 11.3. The van der Waals surface area contributed by atoms with Gasteiger partial charge in [0, 0.05) is 40.5 Å². The van der Waals surface area contributed by atoms with E-state index in [0.29, 0.717) is 19.3 Å². The average molecular weight is 862 g/mol. The first-order valence-corrected chi connectivity index (χ1v) is 25.2. The highest BCUT2D eigenvalue weighted by molar-refractivity contribution is 7.85. The molecule has 1 aliphatic carbocycles. The van der Waals surface area contributed by atoms with Crippen LogP contribution in [0.5, 0.6) is 0 Å². The van der Waals surface area contributed by atoms with Gasteiger partial charge in [-0.1, -0.05) is 153 Å². The van der Waals surface area contributed by atoms with E-state index in [1.54, 1.807) is 0 Å². The van der Waals surface area contributed by atoms with Crippen molar-refractivity contribution in [3.63, 3.8) is 0 Å². The molecule has 4 aliphatic rings. The van der Waals surface area contributed by atoms with E-state index in [2.05, 4.69) is 111 Å². The Hall–Kier alpha value is -4.24. The van der Waals surface area contributed by atoms with Crippen molar-refractivity contribution < 1.29 is 27.6 Å². The lowest BCUT2D eigenvalue weighted by Gasteiger charge is -2.44. The van der Waals surface area contributed by atoms with Crippen molar-refractivity contribution in [2.45, 2.75) is 161 Å². The largest absolute Gasteiger partial charge is 0.481 e. The predicted molar refractivity (Wildman–Crippen MR) is 258 cm³/mol. The normalized spacial score (nSPS) is 22.9. The lowest BCUT2D eigenvalue weighted by molar-refractivity contribution is -0.137. The molecule has 62 heavy (non-hydrogen) atoms. The van der Waals surface area contributed by atoms with Crippen LogP contribution in [0.25, 0.3) is 21.5 Å². The van der Waals surface area contributed by atoms with Crippen LogP contribution in [0.1, 0.15) is 148 Å². The molecule has 4 atom stereocenters. The van der Waals surface area contributed by atoms with E-state index in [1.165, 1.54) is 74.5 Å². The summed E-state index contributed by atoms with van der Waals surface area (Å²) in [6.07, 6.45) is 15.2. The molecule has 0 amide bonds. The highest BCUT2D eigenvalue weighted by Gasteiger charge is 2.50. The molecule has 0 fully saturated rings. The van der Waals surface area contributed by atoms with E-state index in [0.717, 1.165) is 69.1 Å². The summed E-state index contributed by atoms with van der Waals surface area (Å²) in [7, 11) is -4.05. The number of anilines is 1. The minimum absolute atomic E-state index is 0.0724. The lowest BCUT2D eigenvalue weighted by Crippen LogP contribution is -2.43. The second kappa shape index (κ2) is 20.5. The van der Waals surface area contributed by atoms with Crippen molar-refractivity contribution >= 4 is 43.3 Å². The molecule has 334 valence electrons. The quantitative estimate of drug-likeness (QED) is 0.102. The van der Waals surface area contributed by atoms with Gasteiger partial charge in [-0.2, -0.15) is 8.42 Å². The number of aliphatic carboxylic acids is 1. The standard InChI is InChI=1S/C47H53NO6S.C5H12.C2H6/c1-31-37-30-38-42(25-28-48-44-35-17-9-7-15-33(35)22-24-40(44)47(3,45(38)48)27-11-12-29-55(51,52)53)54-41(37)19-13-18-36-34-16-8-6-14-32(34)21-23-39(36)46(31,2)26-10-4-5-20-43(49)50;1-3-5-4-2;1-2/h6-9,14-17,21-24,30,41-42H,1,4-5,10-13,18-20,25-29H2,2-3H3,(H,49,50)(H,51,52,53);3-5H2,1-2H3;1-2H3. The minimum Gasteiger partial charge on any atom is -0.481 e. The number of benzene rings is 4. The summed E-state index contributed by atoms with van der Waals surface area (Å²) >= 11 is 0. The number of ether oxygens (including phenoxy) is 1. The van der Waals surface area contributed by atoms with E-state index < -0.39 is 26.9 Å². The monoisotopic (exact) mass is 862 g/mol. The van der Waals surface area contributed by atoms with Crippen LogP contribution in [-0.4, -0.2) is 48.6 Å². The smallest absolute Gasteiger partial charge is 0.303 e. The molecule has 4 unspecified atom stereocenters. The van der Waals surface area contributed by atoms with Gasteiger partial charge in [0.15, 0.2) is 0 Å². The summed E-state index contributed by atoms with van der Waals surface area (Å²) in [6, 6.07) is 26.3. The van der Waals surface area contributed by atoms with E-state index in [4.69, 9.17) is 11.3 Å². The predicted octanol–water partition coefficient (Wildman–Crippen LogP) is 13.6. The molecule has 4 aromatic carbocycles. The molecule has 3 heterocycles. The van der Waals surface area contributed by atoms with E-state index in [9.17, 15) is 22.9 Å². The minimum atomic E-state index is -4.05. The number of nitrogens with zero attached hydrogens (tertiary/aromatic N) is 1. The highest BCUT2D eigenvalue weighted by atomic mass is 32.2. The van der Waals surface area contributed by atoms with Gasteiger partial charge in [-0.05, 0) is 108 Å². The highest BCUT2D eigenvalue weighted by Crippen LogP contribution is 2.58. The van der Waals surface area contributed by atoms with Crippen LogP contribution in [0, 0.1) is 0 Å². The zero-order valence-corrected chi connectivity index (χ0v) is 39.1. The van der Waals surface area contributed by atoms with Gasteiger partial charge in [0.2, 0.25) is 0 Å². The topological polar surface area (TPSA) is 104 Å². The molecule has 0 saturated heterocycles. The summed E-state index contributed by atoms with van der Waals surface area (Å²) in [4.78, 5) is 13.9. The molecule has 8 rings (SSSR count). The maximum Gasteiger partial charge on any atom is 0.303 e. The van der Waals surface area contributed by atoms with Crippen LogP contribution in [0.4, 0.5) is 5.69 Å². The first-order valence-electron chi connectivity index (χ1n) is 23.6. The Labute approximate surface area is 372 Å². The second-order valence-electron chi connectivity index (χ2n) is 18.0. The Balaban J connectivity index is 0.000000856. The SMILES string of the molecule is C=C1C2=CC3=C4N(CCC3OC2CCCc2c(ccc3ccccc23)C1(C)CCCCCC(=O)O)c1c(ccc2ccccc12)C4(C)CCCCS(=O)(=O)O.CC.CCCCC. The third-order valence-electron chi connectivity index (χ3n) is 13.9. The molecule has 4 aromatic rings. The zero-order valence-electron chi connectivity index (χ0n) is 38.3.